The zero-order chi connectivity index (χ0) is 28.8. The monoisotopic (exact) mass is 537 g/mol. The van der Waals surface area contributed by atoms with E-state index in [-0.39, 0.29) is 50.0 Å². The summed E-state index contributed by atoms with van der Waals surface area (Å²) >= 11 is 0. The van der Waals surface area contributed by atoms with Crippen molar-refractivity contribution in [2.24, 2.45) is 34.0 Å². The van der Waals surface area contributed by atoms with Crippen molar-refractivity contribution in [3.8, 4) is 0 Å². The number of nitrogens with zero attached hydrogens (tertiary/aromatic N) is 2. The lowest BCUT2D eigenvalue weighted by Gasteiger charge is -2.26. The summed E-state index contributed by atoms with van der Waals surface area (Å²) in [5.74, 6) is -2.98. The van der Waals surface area contributed by atoms with Crippen LogP contribution in [-0.4, -0.2) is 75.4 Å². The van der Waals surface area contributed by atoms with E-state index in [1.165, 1.54) is 6.33 Å². The van der Waals surface area contributed by atoms with Crippen LogP contribution in [0.1, 0.15) is 59.1 Å². The Morgan fingerprint density at radius 2 is 1.50 bits per heavy atom. The molecule has 4 unspecified atom stereocenters. The third kappa shape index (κ3) is 12.5. The van der Waals surface area contributed by atoms with Gasteiger partial charge in [0.1, 0.15) is 18.1 Å². The third-order valence-electron chi connectivity index (χ3n) is 5.57. The Hall–Kier alpha value is -3.68. The van der Waals surface area contributed by atoms with Gasteiger partial charge in [-0.2, -0.15) is 0 Å². The summed E-state index contributed by atoms with van der Waals surface area (Å²) in [4.78, 5) is 61.4. The minimum atomic E-state index is -1.15. The Morgan fingerprint density at radius 3 is 2.03 bits per heavy atom. The van der Waals surface area contributed by atoms with Crippen molar-refractivity contribution in [3.63, 3.8) is 0 Å². The van der Waals surface area contributed by atoms with Gasteiger partial charge in [-0.1, -0.05) is 27.7 Å². The van der Waals surface area contributed by atoms with E-state index in [9.17, 15) is 24.3 Å². The van der Waals surface area contributed by atoms with Crippen LogP contribution in [0.2, 0.25) is 0 Å². The van der Waals surface area contributed by atoms with Gasteiger partial charge in [0.05, 0.1) is 12.4 Å². The Bertz CT molecular complexity index is 930. The molecular weight excluding hydrogens is 494 g/mol. The van der Waals surface area contributed by atoms with Gasteiger partial charge in [-0.05, 0) is 37.5 Å². The second-order valence-electron chi connectivity index (χ2n) is 10.1. The average Bonchev–Trinajstić information content (AvgIpc) is 3.32. The molecule has 0 aliphatic rings. The van der Waals surface area contributed by atoms with E-state index >= 15 is 0 Å². The molecule has 0 saturated heterocycles. The topological polar surface area (TPSA) is 244 Å². The molecule has 0 spiro atoms. The van der Waals surface area contributed by atoms with Gasteiger partial charge >= 0.3 is 5.97 Å². The molecule has 0 aliphatic heterocycles. The van der Waals surface area contributed by atoms with Crippen LogP contribution in [0.5, 0.6) is 0 Å². The number of nitrogens with two attached hydrogens (primary N) is 3. The summed E-state index contributed by atoms with van der Waals surface area (Å²) in [6, 6.07) is -4.08. The highest BCUT2D eigenvalue weighted by Crippen LogP contribution is 2.10. The number of imidazole rings is 1. The van der Waals surface area contributed by atoms with Crippen LogP contribution in [0.4, 0.5) is 0 Å². The number of aliphatic imine (C=N–C) groups is 1. The van der Waals surface area contributed by atoms with Crippen molar-refractivity contribution >= 4 is 29.7 Å². The van der Waals surface area contributed by atoms with Crippen molar-refractivity contribution in [2.75, 3.05) is 6.54 Å². The first-order chi connectivity index (χ1) is 17.8. The number of guanidine groups is 1. The lowest BCUT2D eigenvalue weighted by atomic mass is 10.00. The lowest BCUT2D eigenvalue weighted by molar-refractivity contribution is -0.143. The maximum absolute atomic E-state index is 13.3. The lowest BCUT2D eigenvalue weighted by Crippen LogP contribution is -2.57. The Balaban J connectivity index is 3.01. The predicted molar refractivity (Wildman–Crippen MR) is 143 cm³/mol. The van der Waals surface area contributed by atoms with Gasteiger partial charge in [-0.25, -0.2) is 9.78 Å². The van der Waals surface area contributed by atoms with Gasteiger partial charge in [-0.15, -0.1) is 0 Å². The van der Waals surface area contributed by atoms with Gasteiger partial charge in [0.15, 0.2) is 5.96 Å². The maximum atomic E-state index is 13.3. The molecular formula is C24H43N9O5. The SMILES string of the molecule is CC(C)CC(NC(=O)C(CC(C)C)NC(=O)C(CCCN=C(N)N)NC(=O)C(N)Cc1cnc[nH]1)C(=O)O. The fourth-order valence-corrected chi connectivity index (χ4v) is 3.72. The van der Waals surface area contributed by atoms with Gasteiger partial charge in [0.2, 0.25) is 17.7 Å². The van der Waals surface area contributed by atoms with Crippen LogP contribution >= 0.6 is 0 Å². The van der Waals surface area contributed by atoms with Crippen molar-refractivity contribution in [2.45, 2.75) is 84.0 Å². The van der Waals surface area contributed by atoms with Crippen molar-refractivity contribution in [3.05, 3.63) is 18.2 Å². The molecule has 14 nitrogen and oxygen atoms in total. The second-order valence-corrected chi connectivity index (χ2v) is 10.1. The number of rotatable bonds is 17. The molecule has 1 rings (SSSR count). The molecule has 0 radical (unpaired) electrons. The minimum absolute atomic E-state index is 0.0113. The van der Waals surface area contributed by atoms with E-state index in [0.717, 1.165) is 0 Å². The number of hydrogen-bond acceptors (Lipinski definition) is 7. The summed E-state index contributed by atoms with van der Waals surface area (Å²) < 4.78 is 0. The molecule has 3 amide bonds. The zero-order valence-corrected chi connectivity index (χ0v) is 22.6. The van der Waals surface area contributed by atoms with Crippen LogP contribution in [0.25, 0.3) is 0 Å². The highest BCUT2D eigenvalue weighted by molar-refractivity contribution is 5.94. The number of aromatic amines is 1. The van der Waals surface area contributed by atoms with E-state index in [2.05, 4.69) is 30.9 Å². The summed E-state index contributed by atoms with van der Waals surface area (Å²) in [5.41, 5.74) is 17.4. The normalized spacial score (nSPS) is 14.3. The van der Waals surface area contributed by atoms with Crippen LogP contribution in [-0.2, 0) is 25.6 Å². The number of H-pyrrole nitrogens is 1. The molecule has 0 saturated carbocycles. The smallest absolute Gasteiger partial charge is 0.326 e. The molecule has 0 bridgehead atoms. The molecule has 214 valence electrons. The van der Waals surface area contributed by atoms with Gasteiger partial charge < -0.3 is 43.2 Å². The van der Waals surface area contributed by atoms with E-state index in [1.54, 1.807) is 6.20 Å². The van der Waals surface area contributed by atoms with E-state index in [1.807, 2.05) is 27.7 Å². The third-order valence-corrected chi connectivity index (χ3v) is 5.57. The van der Waals surface area contributed by atoms with E-state index in [4.69, 9.17) is 17.2 Å². The van der Waals surface area contributed by atoms with Crippen LogP contribution < -0.4 is 33.2 Å². The highest BCUT2D eigenvalue weighted by atomic mass is 16.4. The average molecular weight is 538 g/mol. The summed E-state index contributed by atoms with van der Waals surface area (Å²) in [7, 11) is 0. The molecule has 0 fully saturated rings. The number of carbonyl (C=O) groups excluding carboxylic acids is 3. The second kappa shape index (κ2) is 16.2. The first-order valence-electron chi connectivity index (χ1n) is 12.7. The molecule has 11 N–H and O–H groups in total. The number of hydrogen-bond donors (Lipinski definition) is 8. The highest BCUT2D eigenvalue weighted by Gasteiger charge is 2.31. The number of aliphatic carboxylic acids is 1. The number of nitrogens with one attached hydrogen (secondary N) is 4. The Morgan fingerprint density at radius 1 is 0.947 bits per heavy atom. The summed E-state index contributed by atoms with van der Waals surface area (Å²) in [5, 5.41) is 17.4. The Labute approximate surface area is 223 Å². The molecule has 1 heterocycles. The van der Waals surface area contributed by atoms with Gasteiger partial charge in [0.25, 0.3) is 0 Å². The molecule has 1 aromatic heterocycles. The van der Waals surface area contributed by atoms with Crippen LogP contribution in [0.15, 0.2) is 17.5 Å². The Kier molecular flexibility index (Phi) is 13.8. The molecule has 1 aromatic rings. The van der Waals surface area contributed by atoms with Crippen LogP contribution in [0.3, 0.4) is 0 Å². The van der Waals surface area contributed by atoms with Crippen molar-refractivity contribution < 1.29 is 24.3 Å². The summed E-state index contributed by atoms with van der Waals surface area (Å²) in [6.45, 7) is 7.67. The number of amides is 3. The predicted octanol–water partition coefficient (Wildman–Crippen LogP) is -1.04. The standard InChI is InChI=1S/C24H43N9O5/c1-13(2)8-18(22(36)33-19(23(37)38)9-14(3)4)32-21(35)17(6-5-7-29-24(26)27)31-20(34)16(25)10-15-11-28-12-30-15/h11-14,16-19H,5-10,25H2,1-4H3,(H,28,30)(H,31,34)(H,32,35)(H,33,36)(H,37,38)(H4,26,27,29). The largest absolute Gasteiger partial charge is 0.480 e. The maximum Gasteiger partial charge on any atom is 0.326 e. The number of aromatic nitrogens is 2. The molecule has 38 heavy (non-hydrogen) atoms. The molecule has 4 atom stereocenters. The minimum Gasteiger partial charge on any atom is -0.480 e. The fraction of sp³-hybridized carbons (Fsp3) is 0.667. The van der Waals surface area contributed by atoms with Crippen molar-refractivity contribution in [1.82, 2.24) is 25.9 Å². The first-order valence-corrected chi connectivity index (χ1v) is 12.7. The molecule has 14 heteroatoms. The molecule has 0 aliphatic carbocycles. The summed E-state index contributed by atoms with van der Waals surface area (Å²) in [6.07, 6.45) is 4.23. The number of carboxylic acid groups (broad SMARTS) is 1. The first kappa shape index (κ1) is 32.3. The van der Waals surface area contributed by atoms with E-state index < -0.39 is 47.9 Å². The van der Waals surface area contributed by atoms with Crippen molar-refractivity contribution in [1.29, 1.82) is 0 Å². The zero-order valence-electron chi connectivity index (χ0n) is 22.6. The van der Waals surface area contributed by atoms with Gasteiger partial charge in [-0.3, -0.25) is 19.4 Å². The van der Waals surface area contributed by atoms with E-state index in [0.29, 0.717) is 12.1 Å². The fourth-order valence-electron chi connectivity index (χ4n) is 3.72. The van der Waals surface area contributed by atoms with Gasteiger partial charge in [0, 0.05) is 24.9 Å². The molecule has 0 aromatic carbocycles. The quantitative estimate of drug-likeness (QED) is 0.0686. The number of carboxylic acids is 1. The van der Waals surface area contributed by atoms with Crippen LogP contribution in [0, 0.1) is 11.8 Å². The number of carbonyl (C=O) groups is 4.